The smallest absolute Gasteiger partial charge is 0.0726 e. The maximum absolute atomic E-state index is 9.09. The second-order valence-electron chi connectivity index (χ2n) is 2.41. The van der Waals surface area contributed by atoms with Crippen molar-refractivity contribution in [2.75, 3.05) is 0 Å². The fourth-order valence-electron chi connectivity index (χ4n) is 1.10. The van der Waals surface area contributed by atoms with E-state index in [-0.39, 0.29) is 6.10 Å². The van der Waals surface area contributed by atoms with E-state index in [0.717, 1.165) is 19.3 Å². The molecule has 0 spiro atoms. The molecule has 9 heavy (non-hydrogen) atoms. The van der Waals surface area contributed by atoms with Gasteiger partial charge in [0.05, 0.1) is 6.10 Å². The van der Waals surface area contributed by atoms with Crippen LogP contribution in [0.3, 0.4) is 0 Å². The average Bonchev–Trinajstić information content (AvgIpc) is 1.88. The first kappa shape index (κ1) is 6.56. The summed E-state index contributed by atoms with van der Waals surface area (Å²) in [5, 5.41) is 9.09. The standard InChI is InChI=1S/C8H12O/c1-2-7-4-3-5-8(9)6-7/h2,6,8-9H,1,3-5H2/t8-/m0/s1. The van der Waals surface area contributed by atoms with Crippen molar-refractivity contribution in [2.24, 2.45) is 0 Å². The van der Waals surface area contributed by atoms with Gasteiger partial charge in [-0.2, -0.15) is 0 Å². The molecule has 1 aliphatic rings. The molecule has 0 aliphatic heterocycles. The summed E-state index contributed by atoms with van der Waals surface area (Å²) in [4.78, 5) is 0. The fourth-order valence-corrected chi connectivity index (χ4v) is 1.10. The summed E-state index contributed by atoms with van der Waals surface area (Å²) in [5.41, 5.74) is 1.19. The number of aliphatic hydroxyl groups excluding tert-OH is 1. The van der Waals surface area contributed by atoms with Gasteiger partial charge >= 0.3 is 0 Å². The second-order valence-corrected chi connectivity index (χ2v) is 2.41. The Labute approximate surface area is 55.7 Å². The summed E-state index contributed by atoms with van der Waals surface area (Å²) in [7, 11) is 0. The molecule has 0 aromatic carbocycles. The molecule has 0 fully saturated rings. The molecule has 1 rings (SSSR count). The first-order valence-corrected chi connectivity index (χ1v) is 3.34. The molecule has 0 heterocycles. The summed E-state index contributed by atoms with van der Waals surface area (Å²) >= 11 is 0. The molecule has 0 unspecified atom stereocenters. The molecule has 0 amide bonds. The third-order valence-corrected chi connectivity index (χ3v) is 1.63. The van der Waals surface area contributed by atoms with Crippen molar-refractivity contribution in [2.45, 2.75) is 25.4 Å². The van der Waals surface area contributed by atoms with E-state index in [0.29, 0.717) is 0 Å². The Bertz CT molecular complexity index is 136. The molecule has 0 bridgehead atoms. The minimum atomic E-state index is -0.216. The van der Waals surface area contributed by atoms with Gasteiger partial charge in [-0.1, -0.05) is 24.3 Å². The van der Waals surface area contributed by atoms with Crippen LogP contribution in [0.5, 0.6) is 0 Å². The Morgan fingerprint density at radius 1 is 1.78 bits per heavy atom. The van der Waals surface area contributed by atoms with Crippen LogP contribution in [0.1, 0.15) is 19.3 Å². The minimum Gasteiger partial charge on any atom is -0.389 e. The molecule has 0 saturated carbocycles. The quantitative estimate of drug-likeness (QED) is 0.563. The summed E-state index contributed by atoms with van der Waals surface area (Å²) < 4.78 is 0. The van der Waals surface area contributed by atoms with Gasteiger partial charge in [0.15, 0.2) is 0 Å². The lowest BCUT2D eigenvalue weighted by Gasteiger charge is -2.13. The first-order valence-electron chi connectivity index (χ1n) is 3.34. The van der Waals surface area contributed by atoms with Gasteiger partial charge in [0.1, 0.15) is 0 Å². The zero-order chi connectivity index (χ0) is 6.69. The van der Waals surface area contributed by atoms with Crippen molar-refractivity contribution in [3.63, 3.8) is 0 Å². The van der Waals surface area contributed by atoms with E-state index >= 15 is 0 Å². The predicted molar refractivity (Wildman–Crippen MR) is 38.1 cm³/mol. The Morgan fingerprint density at radius 3 is 3.00 bits per heavy atom. The molecular weight excluding hydrogens is 112 g/mol. The zero-order valence-corrected chi connectivity index (χ0v) is 5.51. The van der Waals surface area contributed by atoms with Crippen molar-refractivity contribution >= 4 is 0 Å². The first-order chi connectivity index (χ1) is 4.33. The molecule has 0 radical (unpaired) electrons. The van der Waals surface area contributed by atoms with E-state index < -0.39 is 0 Å². The number of rotatable bonds is 1. The largest absolute Gasteiger partial charge is 0.389 e. The van der Waals surface area contributed by atoms with Gasteiger partial charge in [-0.15, -0.1) is 0 Å². The van der Waals surface area contributed by atoms with Crippen LogP contribution in [0.25, 0.3) is 0 Å². The van der Waals surface area contributed by atoms with Gasteiger partial charge in [-0.3, -0.25) is 0 Å². The van der Waals surface area contributed by atoms with Crippen LogP contribution in [0.4, 0.5) is 0 Å². The van der Waals surface area contributed by atoms with Crippen LogP contribution in [0.15, 0.2) is 24.3 Å². The number of allylic oxidation sites excluding steroid dienone is 2. The SMILES string of the molecule is C=CC1=C[C@@H](O)CCC1. The second kappa shape index (κ2) is 2.83. The summed E-state index contributed by atoms with van der Waals surface area (Å²) in [6, 6.07) is 0. The number of hydrogen-bond donors (Lipinski definition) is 1. The van der Waals surface area contributed by atoms with Crippen LogP contribution < -0.4 is 0 Å². The highest BCUT2D eigenvalue weighted by molar-refractivity contribution is 5.19. The molecule has 1 heteroatoms. The zero-order valence-electron chi connectivity index (χ0n) is 5.51. The van der Waals surface area contributed by atoms with E-state index in [2.05, 4.69) is 6.58 Å². The van der Waals surface area contributed by atoms with E-state index in [4.69, 9.17) is 5.11 Å². The maximum atomic E-state index is 9.09. The van der Waals surface area contributed by atoms with Crippen LogP contribution in [-0.2, 0) is 0 Å². The Morgan fingerprint density at radius 2 is 2.56 bits per heavy atom. The van der Waals surface area contributed by atoms with Crippen LogP contribution in [0, 0.1) is 0 Å². The summed E-state index contributed by atoms with van der Waals surface area (Å²) in [5.74, 6) is 0. The number of aliphatic hydroxyl groups is 1. The monoisotopic (exact) mass is 124 g/mol. The third-order valence-electron chi connectivity index (χ3n) is 1.63. The van der Waals surface area contributed by atoms with E-state index in [1.165, 1.54) is 5.57 Å². The van der Waals surface area contributed by atoms with Crippen LogP contribution in [-0.4, -0.2) is 11.2 Å². The molecule has 0 aromatic heterocycles. The topological polar surface area (TPSA) is 20.2 Å². The molecule has 1 N–H and O–H groups in total. The van der Waals surface area contributed by atoms with E-state index in [1.807, 2.05) is 12.2 Å². The lowest BCUT2D eigenvalue weighted by molar-refractivity contribution is 0.203. The van der Waals surface area contributed by atoms with Gasteiger partial charge in [0.2, 0.25) is 0 Å². The van der Waals surface area contributed by atoms with Crippen LogP contribution >= 0.6 is 0 Å². The van der Waals surface area contributed by atoms with Gasteiger partial charge < -0.3 is 5.11 Å². The predicted octanol–water partition coefficient (Wildman–Crippen LogP) is 1.64. The van der Waals surface area contributed by atoms with Gasteiger partial charge in [0, 0.05) is 0 Å². The minimum absolute atomic E-state index is 0.216. The average molecular weight is 124 g/mol. The lowest BCUT2D eigenvalue weighted by Crippen LogP contribution is -2.07. The van der Waals surface area contributed by atoms with Crippen molar-refractivity contribution in [3.8, 4) is 0 Å². The molecule has 50 valence electrons. The van der Waals surface area contributed by atoms with Crippen molar-refractivity contribution < 1.29 is 5.11 Å². The molecule has 0 saturated heterocycles. The normalized spacial score (nSPS) is 27.2. The molecule has 1 atom stereocenters. The number of hydrogen-bond acceptors (Lipinski definition) is 1. The highest BCUT2D eigenvalue weighted by atomic mass is 16.3. The van der Waals surface area contributed by atoms with Crippen LogP contribution in [0.2, 0.25) is 0 Å². The Hall–Kier alpha value is -0.560. The van der Waals surface area contributed by atoms with E-state index in [1.54, 1.807) is 0 Å². The van der Waals surface area contributed by atoms with Gasteiger partial charge in [-0.25, -0.2) is 0 Å². The molecular formula is C8H12O. The molecule has 0 aromatic rings. The van der Waals surface area contributed by atoms with Crippen molar-refractivity contribution in [1.82, 2.24) is 0 Å². The molecule has 1 aliphatic carbocycles. The highest BCUT2D eigenvalue weighted by Gasteiger charge is 2.07. The van der Waals surface area contributed by atoms with Crippen molar-refractivity contribution in [3.05, 3.63) is 24.3 Å². The van der Waals surface area contributed by atoms with Crippen molar-refractivity contribution in [1.29, 1.82) is 0 Å². The van der Waals surface area contributed by atoms with Gasteiger partial charge in [0.25, 0.3) is 0 Å². The third kappa shape index (κ3) is 1.68. The Balaban J connectivity index is 2.59. The molecule has 1 nitrogen and oxygen atoms in total. The summed E-state index contributed by atoms with van der Waals surface area (Å²) in [6.45, 7) is 3.64. The maximum Gasteiger partial charge on any atom is 0.0726 e. The van der Waals surface area contributed by atoms with E-state index in [9.17, 15) is 0 Å². The Kier molecular flexibility index (Phi) is 2.06. The summed E-state index contributed by atoms with van der Waals surface area (Å²) in [6.07, 6.45) is 6.59. The highest BCUT2D eigenvalue weighted by Crippen LogP contribution is 2.17. The fraction of sp³-hybridized carbons (Fsp3) is 0.500. The van der Waals surface area contributed by atoms with Gasteiger partial charge in [-0.05, 0) is 19.3 Å². The lowest BCUT2D eigenvalue weighted by atomic mass is 9.98.